The number of anilines is 1. The second-order valence-electron chi connectivity index (χ2n) is 8.43. The molecule has 1 N–H and O–H groups in total. The maximum absolute atomic E-state index is 13.8. The van der Waals surface area contributed by atoms with Gasteiger partial charge in [-0.15, -0.1) is 11.3 Å². The molecule has 29 heavy (non-hydrogen) atoms. The molecule has 1 aromatic carbocycles. The second kappa shape index (κ2) is 7.23. The molecule has 0 atom stereocenters. The van der Waals surface area contributed by atoms with Crippen molar-refractivity contribution in [2.75, 3.05) is 31.1 Å². The number of hydrogen-bond donors (Lipinski definition) is 1. The molecule has 2 aliphatic heterocycles. The molecule has 1 fully saturated rings. The van der Waals surface area contributed by atoms with Gasteiger partial charge in [0.05, 0.1) is 24.1 Å². The molecule has 0 aliphatic carbocycles. The highest BCUT2D eigenvalue weighted by molar-refractivity contribution is 7.18. The molecule has 4 heterocycles. The van der Waals surface area contributed by atoms with Gasteiger partial charge in [-0.3, -0.25) is 9.36 Å². The summed E-state index contributed by atoms with van der Waals surface area (Å²) in [5.41, 5.74) is 2.06. The number of hydrogen-bond acceptors (Lipinski definition) is 6. The topological polar surface area (TPSA) is 59.4 Å². The van der Waals surface area contributed by atoms with Crippen LogP contribution in [-0.4, -0.2) is 41.3 Å². The average molecular weight is 411 g/mol. The van der Waals surface area contributed by atoms with Crippen LogP contribution in [0, 0.1) is 0 Å². The highest BCUT2D eigenvalue weighted by atomic mass is 32.1. The van der Waals surface area contributed by atoms with Gasteiger partial charge in [-0.1, -0.05) is 30.3 Å². The lowest BCUT2D eigenvalue weighted by Gasteiger charge is -2.31. The minimum Gasteiger partial charge on any atom is -0.370 e. The van der Waals surface area contributed by atoms with E-state index < -0.39 is 0 Å². The molecule has 0 unspecified atom stereocenters. The first-order valence-electron chi connectivity index (χ1n) is 10.2. The van der Waals surface area contributed by atoms with Gasteiger partial charge in [0.15, 0.2) is 0 Å². The Labute approximate surface area is 174 Å². The van der Waals surface area contributed by atoms with Crippen LogP contribution >= 0.6 is 11.3 Å². The predicted octanol–water partition coefficient (Wildman–Crippen LogP) is 2.77. The number of thiophene rings is 1. The predicted molar refractivity (Wildman–Crippen MR) is 117 cm³/mol. The van der Waals surface area contributed by atoms with Crippen LogP contribution in [0.2, 0.25) is 0 Å². The zero-order valence-electron chi connectivity index (χ0n) is 16.9. The van der Waals surface area contributed by atoms with Crippen molar-refractivity contribution in [2.45, 2.75) is 39.0 Å². The number of rotatable bonds is 3. The highest BCUT2D eigenvalue weighted by Crippen LogP contribution is 2.37. The van der Waals surface area contributed by atoms with E-state index in [9.17, 15) is 4.79 Å². The second-order valence-corrected chi connectivity index (χ2v) is 9.52. The number of ether oxygens (including phenoxy) is 1. The number of nitrogens with zero attached hydrogens (tertiary/aromatic N) is 3. The molecule has 0 bridgehead atoms. The molecular formula is C22H26N4O2S. The molecule has 0 amide bonds. The Morgan fingerprint density at radius 2 is 1.97 bits per heavy atom. The van der Waals surface area contributed by atoms with Gasteiger partial charge in [0.1, 0.15) is 4.83 Å². The zero-order chi connectivity index (χ0) is 20.0. The fourth-order valence-electron chi connectivity index (χ4n) is 4.23. The Kier molecular flexibility index (Phi) is 4.69. The van der Waals surface area contributed by atoms with E-state index in [0.29, 0.717) is 13.2 Å². The molecule has 7 heteroatoms. The lowest BCUT2D eigenvalue weighted by atomic mass is 9.94. The molecule has 0 saturated carbocycles. The smallest absolute Gasteiger partial charge is 0.264 e. The van der Waals surface area contributed by atoms with Crippen LogP contribution in [0.25, 0.3) is 10.2 Å². The molecule has 2 aliphatic rings. The minimum absolute atomic E-state index is 0.0718. The minimum atomic E-state index is -0.255. The van der Waals surface area contributed by atoms with Crippen LogP contribution in [0.5, 0.6) is 0 Å². The van der Waals surface area contributed by atoms with Gasteiger partial charge < -0.3 is 15.0 Å². The van der Waals surface area contributed by atoms with Crippen molar-refractivity contribution in [3.05, 3.63) is 56.7 Å². The number of nitrogens with one attached hydrogen (secondary N) is 1. The fraction of sp³-hybridized carbons (Fsp3) is 0.455. The zero-order valence-corrected chi connectivity index (χ0v) is 17.7. The lowest BCUT2D eigenvalue weighted by Crippen LogP contribution is -2.46. The molecule has 6 nitrogen and oxygen atoms in total. The Morgan fingerprint density at radius 1 is 1.21 bits per heavy atom. The number of aromatic nitrogens is 2. The maximum atomic E-state index is 13.8. The summed E-state index contributed by atoms with van der Waals surface area (Å²) in [6.07, 6.45) is 0.748. The van der Waals surface area contributed by atoms with Crippen molar-refractivity contribution in [2.24, 2.45) is 0 Å². The van der Waals surface area contributed by atoms with Crippen molar-refractivity contribution < 1.29 is 4.74 Å². The van der Waals surface area contributed by atoms with Crippen molar-refractivity contribution in [1.29, 1.82) is 0 Å². The molecule has 5 rings (SSSR count). The normalized spacial score (nSPS) is 18.8. The summed E-state index contributed by atoms with van der Waals surface area (Å²) in [7, 11) is 0. The van der Waals surface area contributed by atoms with Gasteiger partial charge in [-0.2, -0.15) is 0 Å². The molecule has 152 valence electrons. The average Bonchev–Trinajstić information content (AvgIpc) is 3.08. The van der Waals surface area contributed by atoms with Crippen molar-refractivity contribution in [1.82, 2.24) is 14.9 Å². The van der Waals surface area contributed by atoms with Crippen LogP contribution in [0.1, 0.15) is 29.9 Å². The van der Waals surface area contributed by atoms with E-state index in [-0.39, 0.29) is 11.2 Å². The van der Waals surface area contributed by atoms with E-state index in [1.165, 1.54) is 0 Å². The van der Waals surface area contributed by atoms with Crippen LogP contribution in [-0.2, 0) is 24.3 Å². The van der Waals surface area contributed by atoms with E-state index in [4.69, 9.17) is 9.72 Å². The Hall–Kier alpha value is -2.22. The SMILES string of the molecule is CC1(C)Cc2c(sc3nc(N4CCNCC4)n(Cc4ccccc4)c(=O)c23)CO1. The molecule has 0 radical (unpaired) electrons. The third-order valence-corrected chi connectivity index (χ3v) is 6.85. The Morgan fingerprint density at radius 3 is 2.72 bits per heavy atom. The van der Waals surface area contributed by atoms with Crippen LogP contribution in [0.15, 0.2) is 35.1 Å². The summed E-state index contributed by atoms with van der Waals surface area (Å²) in [5, 5.41) is 4.17. The van der Waals surface area contributed by atoms with Gasteiger partial charge in [0, 0.05) is 37.5 Å². The van der Waals surface area contributed by atoms with Gasteiger partial charge in [-0.05, 0) is 25.0 Å². The first kappa shape index (κ1) is 18.8. The monoisotopic (exact) mass is 410 g/mol. The molecule has 3 aromatic rings. The quantitative estimate of drug-likeness (QED) is 0.720. The van der Waals surface area contributed by atoms with Crippen LogP contribution in [0.3, 0.4) is 0 Å². The van der Waals surface area contributed by atoms with Crippen LogP contribution < -0.4 is 15.8 Å². The van der Waals surface area contributed by atoms with Crippen molar-refractivity contribution in [3.63, 3.8) is 0 Å². The van der Waals surface area contributed by atoms with E-state index in [1.54, 1.807) is 11.3 Å². The fourth-order valence-corrected chi connectivity index (χ4v) is 5.32. The first-order chi connectivity index (χ1) is 14.0. The van der Waals surface area contributed by atoms with Crippen molar-refractivity contribution in [3.8, 4) is 0 Å². The molecular weight excluding hydrogens is 384 g/mol. The van der Waals surface area contributed by atoms with E-state index >= 15 is 0 Å². The van der Waals surface area contributed by atoms with Gasteiger partial charge in [-0.25, -0.2) is 4.98 Å². The summed E-state index contributed by atoms with van der Waals surface area (Å²) in [5.74, 6) is 0.784. The van der Waals surface area contributed by atoms with Crippen LogP contribution in [0.4, 0.5) is 5.95 Å². The third-order valence-electron chi connectivity index (χ3n) is 5.75. The Balaban J connectivity index is 1.70. The number of fused-ring (bicyclic) bond motifs is 3. The molecule has 1 saturated heterocycles. The largest absolute Gasteiger partial charge is 0.370 e. The van der Waals surface area contributed by atoms with E-state index in [0.717, 1.165) is 64.8 Å². The van der Waals surface area contributed by atoms with Gasteiger partial charge in [0.25, 0.3) is 5.56 Å². The summed E-state index contributed by atoms with van der Waals surface area (Å²) in [6, 6.07) is 10.2. The molecule has 0 spiro atoms. The number of benzene rings is 1. The summed E-state index contributed by atoms with van der Waals surface area (Å²) in [6.45, 7) is 8.79. The summed E-state index contributed by atoms with van der Waals surface area (Å²) >= 11 is 1.62. The first-order valence-corrected chi connectivity index (χ1v) is 11.0. The van der Waals surface area contributed by atoms with Gasteiger partial charge >= 0.3 is 0 Å². The van der Waals surface area contributed by atoms with E-state index in [2.05, 4.69) is 36.2 Å². The lowest BCUT2D eigenvalue weighted by molar-refractivity contribution is -0.0379. The Bertz CT molecular complexity index is 1100. The van der Waals surface area contributed by atoms with Crippen molar-refractivity contribution >= 4 is 27.5 Å². The van der Waals surface area contributed by atoms with Gasteiger partial charge in [0.2, 0.25) is 5.95 Å². The molecule has 2 aromatic heterocycles. The number of piperazine rings is 1. The maximum Gasteiger partial charge on any atom is 0.264 e. The summed E-state index contributed by atoms with van der Waals surface area (Å²) < 4.78 is 7.86. The summed E-state index contributed by atoms with van der Waals surface area (Å²) in [4.78, 5) is 23.0. The highest BCUT2D eigenvalue weighted by Gasteiger charge is 2.32. The third kappa shape index (κ3) is 3.47. The van der Waals surface area contributed by atoms with E-state index in [1.807, 2.05) is 22.8 Å². The standard InChI is InChI=1S/C22H26N4O2S/c1-22(2)12-16-17(14-28-22)29-19-18(16)20(27)26(13-15-6-4-3-5-7-15)21(24-19)25-10-8-23-9-11-25/h3-7,23H,8-14H2,1-2H3.